The van der Waals surface area contributed by atoms with Crippen LogP contribution in [0.5, 0.6) is 5.75 Å². The molecule has 10 nitrogen and oxygen atoms in total. The average molecular weight is 524 g/mol. The maximum absolute atomic E-state index is 15.5. The van der Waals surface area contributed by atoms with Crippen molar-refractivity contribution in [3.8, 4) is 11.4 Å². The molecule has 0 saturated carbocycles. The number of rotatable bonds is 8. The topological polar surface area (TPSA) is 107 Å². The van der Waals surface area contributed by atoms with E-state index in [1.54, 1.807) is 23.2 Å². The first-order chi connectivity index (χ1) is 18.4. The third kappa shape index (κ3) is 5.41. The molecule has 2 aromatic heterocycles. The van der Waals surface area contributed by atoms with Gasteiger partial charge in [-0.25, -0.2) is 14.2 Å². The minimum atomic E-state index is -0.694. The van der Waals surface area contributed by atoms with E-state index in [1.165, 1.54) is 6.07 Å². The van der Waals surface area contributed by atoms with Crippen LogP contribution in [0.4, 0.5) is 10.2 Å². The van der Waals surface area contributed by atoms with Gasteiger partial charge < -0.3 is 15.0 Å². The zero-order valence-corrected chi connectivity index (χ0v) is 21.9. The monoisotopic (exact) mass is 523 g/mol. The third-order valence-corrected chi connectivity index (χ3v) is 7.22. The van der Waals surface area contributed by atoms with Crippen molar-refractivity contribution in [2.75, 3.05) is 18.0 Å². The third-order valence-electron chi connectivity index (χ3n) is 7.22. The Balaban J connectivity index is 1.38. The Morgan fingerprint density at radius 2 is 2.03 bits per heavy atom. The van der Waals surface area contributed by atoms with Crippen LogP contribution in [0.25, 0.3) is 5.69 Å². The molecule has 0 radical (unpaired) electrons. The molecule has 1 amide bonds. The molecule has 38 heavy (non-hydrogen) atoms. The number of carbonyl (C=O) groups excluding carboxylic acids is 1. The predicted octanol–water partition coefficient (Wildman–Crippen LogP) is 3.27. The number of halogens is 1. The molecule has 1 saturated heterocycles. The van der Waals surface area contributed by atoms with E-state index in [0.29, 0.717) is 18.8 Å². The fourth-order valence-corrected chi connectivity index (χ4v) is 5.19. The lowest BCUT2D eigenvalue weighted by Crippen LogP contribution is -2.45. The summed E-state index contributed by atoms with van der Waals surface area (Å²) in [6.07, 6.45) is 10.5. The quantitative estimate of drug-likeness (QED) is 0.483. The van der Waals surface area contributed by atoms with E-state index < -0.39 is 11.7 Å². The molecule has 1 aromatic carbocycles. The van der Waals surface area contributed by atoms with Gasteiger partial charge in [-0.15, -0.1) is 5.10 Å². The molecule has 4 heterocycles. The fraction of sp³-hybridized carbons (Fsp3) is 0.519. The normalized spacial score (nSPS) is 16.7. The zero-order valence-electron chi connectivity index (χ0n) is 21.9. The number of piperidine rings is 1. The molecule has 202 valence electrons. The van der Waals surface area contributed by atoms with Crippen LogP contribution in [0.15, 0.2) is 35.5 Å². The van der Waals surface area contributed by atoms with Crippen LogP contribution in [-0.2, 0) is 13.0 Å². The van der Waals surface area contributed by atoms with Crippen LogP contribution in [0, 0.1) is 5.82 Å². The molecule has 2 aliphatic rings. The average Bonchev–Trinajstić information content (AvgIpc) is 3.26. The predicted molar refractivity (Wildman–Crippen MR) is 140 cm³/mol. The van der Waals surface area contributed by atoms with Crippen LogP contribution in [0.3, 0.4) is 0 Å². The molecule has 1 fully saturated rings. The van der Waals surface area contributed by atoms with Crippen molar-refractivity contribution in [3.05, 3.63) is 58.4 Å². The van der Waals surface area contributed by atoms with Crippen molar-refractivity contribution < 1.29 is 13.9 Å². The second-order valence-corrected chi connectivity index (χ2v) is 10.0. The van der Waals surface area contributed by atoms with E-state index in [4.69, 9.17) is 4.74 Å². The van der Waals surface area contributed by atoms with Crippen molar-refractivity contribution in [3.63, 3.8) is 0 Å². The molecule has 0 spiro atoms. The molecule has 3 aromatic rings. The molecule has 0 aliphatic carbocycles. The number of hydrogen-bond acceptors (Lipinski definition) is 7. The van der Waals surface area contributed by atoms with E-state index in [9.17, 15) is 9.59 Å². The summed E-state index contributed by atoms with van der Waals surface area (Å²) in [4.78, 5) is 36.9. The summed E-state index contributed by atoms with van der Waals surface area (Å²) in [6.45, 7) is 5.98. The number of hydrogen-bond donors (Lipinski definition) is 1. The van der Waals surface area contributed by atoms with E-state index in [0.717, 1.165) is 68.2 Å². The molecular weight excluding hydrogens is 489 g/mol. The fourth-order valence-electron chi connectivity index (χ4n) is 5.19. The highest BCUT2D eigenvalue weighted by Crippen LogP contribution is 2.28. The van der Waals surface area contributed by atoms with Crippen molar-refractivity contribution in [2.45, 2.75) is 77.5 Å². The summed E-state index contributed by atoms with van der Waals surface area (Å²) in [5, 5.41) is 7.45. The number of anilines is 1. The Morgan fingerprint density at radius 3 is 2.74 bits per heavy atom. The van der Waals surface area contributed by atoms with E-state index in [2.05, 4.69) is 25.3 Å². The molecule has 5 rings (SSSR count). The van der Waals surface area contributed by atoms with Crippen LogP contribution in [0.1, 0.15) is 68.6 Å². The van der Waals surface area contributed by atoms with Gasteiger partial charge in [0.05, 0.1) is 17.9 Å². The van der Waals surface area contributed by atoms with Crippen LogP contribution in [0.2, 0.25) is 0 Å². The number of aryl methyl sites for hydroxylation is 1. The lowest BCUT2D eigenvalue weighted by atomic mass is 10.0. The standard InChI is InChI=1S/C27H34FN7O3/c1-3-6-18(2)38-23-16-22(35-27(37)34-12-5-4-7-24(34)32-35)21(28)15-20(23)26(36)31-19-8-13-33(14-9-19)25-17-29-10-11-30-25/h10-11,15-19H,3-9,12-14H2,1-2H3,(H,31,36). The summed E-state index contributed by atoms with van der Waals surface area (Å²) in [6, 6.07) is 2.53. The largest absolute Gasteiger partial charge is 0.490 e. The van der Waals surface area contributed by atoms with Crippen LogP contribution >= 0.6 is 0 Å². The summed E-state index contributed by atoms with van der Waals surface area (Å²) in [7, 11) is 0. The Labute approximate surface area is 220 Å². The highest BCUT2D eigenvalue weighted by atomic mass is 19.1. The second-order valence-electron chi connectivity index (χ2n) is 10.0. The first-order valence-electron chi connectivity index (χ1n) is 13.5. The molecule has 1 unspecified atom stereocenters. The molecule has 11 heteroatoms. The number of aromatic nitrogens is 5. The number of benzene rings is 1. The lowest BCUT2D eigenvalue weighted by molar-refractivity contribution is 0.0923. The highest BCUT2D eigenvalue weighted by Gasteiger charge is 2.27. The number of ether oxygens (including phenoxy) is 1. The van der Waals surface area contributed by atoms with Gasteiger partial charge in [0.25, 0.3) is 5.91 Å². The summed E-state index contributed by atoms with van der Waals surface area (Å²) in [5.41, 5.74) is -0.273. The molecule has 0 bridgehead atoms. The molecule has 1 N–H and O–H groups in total. The lowest BCUT2D eigenvalue weighted by Gasteiger charge is -2.33. The van der Waals surface area contributed by atoms with Crippen LogP contribution < -0.4 is 20.6 Å². The van der Waals surface area contributed by atoms with Crippen molar-refractivity contribution in [2.24, 2.45) is 0 Å². The van der Waals surface area contributed by atoms with Crippen molar-refractivity contribution in [1.29, 1.82) is 0 Å². The Bertz CT molecular complexity index is 1330. The van der Waals surface area contributed by atoms with E-state index in [1.807, 2.05) is 13.8 Å². The van der Waals surface area contributed by atoms with Gasteiger partial charge in [-0.2, -0.15) is 4.68 Å². The molecule has 2 aliphatic heterocycles. The number of nitrogens with zero attached hydrogens (tertiary/aromatic N) is 6. The first kappa shape index (κ1) is 25.9. The maximum atomic E-state index is 15.5. The van der Waals surface area contributed by atoms with Gasteiger partial charge in [-0.1, -0.05) is 13.3 Å². The second kappa shape index (κ2) is 11.3. The Morgan fingerprint density at radius 1 is 1.21 bits per heavy atom. The van der Waals surface area contributed by atoms with Gasteiger partial charge in [0.1, 0.15) is 28.9 Å². The van der Waals surface area contributed by atoms with E-state index >= 15 is 4.39 Å². The minimum absolute atomic E-state index is 0.00979. The van der Waals surface area contributed by atoms with Gasteiger partial charge in [-0.05, 0) is 45.1 Å². The van der Waals surface area contributed by atoms with Gasteiger partial charge in [0.2, 0.25) is 0 Å². The Kier molecular flexibility index (Phi) is 7.71. The number of fused-ring (bicyclic) bond motifs is 1. The van der Waals surface area contributed by atoms with Gasteiger partial charge >= 0.3 is 5.69 Å². The summed E-state index contributed by atoms with van der Waals surface area (Å²) in [5.74, 6) is 0.614. The summed E-state index contributed by atoms with van der Waals surface area (Å²) < 4.78 is 24.3. The van der Waals surface area contributed by atoms with E-state index in [-0.39, 0.29) is 34.8 Å². The summed E-state index contributed by atoms with van der Waals surface area (Å²) >= 11 is 0. The van der Waals surface area contributed by atoms with Crippen LogP contribution in [-0.4, -0.2) is 55.5 Å². The number of nitrogens with one attached hydrogen (secondary N) is 1. The smallest absolute Gasteiger partial charge is 0.350 e. The first-order valence-corrected chi connectivity index (χ1v) is 13.5. The van der Waals surface area contributed by atoms with Crippen molar-refractivity contribution >= 4 is 11.7 Å². The number of amides is 1. The molecular formula is C27H34FN7O3. The number of carbonyl (C=O) groups is 1. The van der Waals surface area contributed by atoms with Gasteiger partial charge in [-0.3, -0.25) is 14.3 Å². The van der Waals surface area contributed by atoms with Gasteiger partial charge in [0, 0.05) is 50.6 Å². The molecule has 1 atom stereocenters. The van der Waals surface area contributed by atoms with Gasteiger partial charge in [0.15, 0.2) is 0 Å². The highest BCUT2D eigenvalue weighted by molar-refractivity contribution is 5.97. The minimum Gasteiger partial charge on any atom is -0.490 e. The van der Waals surface area contributed by atoms with Crippen molar-refractivity contribution in [1.82, 2.24) is 29.6 Å². The SMILES string of the molecule is CCCC(C)Oc1cc(-n2nc3n(c2=O)CCCC3)c(F)cc1C(=O)NC1CCN(c2cnccn2)CC1. The zero-order chi connectivity index (χ0) is 26.6. The maximum Gasteiger partial charge on any atom is 0.350 e. The Hall–Kier alpha value is -3.76.